The zero-order chi connectivity index (χ0) is 50.9. The van der Waals surface area contributed by atoms with Crippen molar-refractivity contribution in [2.45, 2.75) is 374 Å². The topological polar surface area (TPSA) is 78.9 Å². The molecule has 0 rings (SSSR count). The zero-order valence-corrected chi connectivity index (χ0v) is 48.0. The third kappa shape index (κ3) is 55.7. The highest BCUT2D eigenvalue weighted by Crippen LogP contribution is 2.19. The van der Waals surface area contributed by atoms with Crippen LogP contribution in [0.4, 0.5) is 0 Å². The average Bonchev–Trinajstić information content (AvgIpc) is 3.36. The van der Waals surface area contributed by atoms with E-state index in [2.05, 4.69) is 27.7 Å². The molecule has 1 unspecified atom stereocenters. The van der Waals surface area contributed by atoms with Gasteiger partial charge in [0.1, 0.15) is 13.2 Å². The summed E-state index contributed by atoms with van der Waals surface area (Å²) in [6.07, 6.45) is 65.3. The molecule has 0 saturated carbocycles. The van der Waals surface area contributed by atoms with Crippen LogP contribution in [0.25, 0.3) is 0 Å². The molecule has 0 aliphatic heterocycles. The summed E-state index contributed by atoms with van der Waals surface area (Å²) in [5.74, 6) is 0.0804. The molecule has 0 aromatic rings. The van der Waals surface area contributed by atoms with E-state index in [-0.39, 0.29) is 31.1 Å². The Labute approximate surface area is 438 Å². The van der Waals surface area contributed by atoms with Crippen molar-refractivity contribution < 1.29 is 28.6 Å². The van der Waals surface area contributed by atoms with E-state index in [1.165, 1.54) is 263 Å². The number of rotatable bonds is 59. The average molecular weight is 990 g/mol. The first-order chi connectivity index (χ1) is 34.4. The van der Waals surface area contributed by atoms with E-state index in [9.17, 15) is 14.4 Å². The van der Waals surface area contributed by atoms with E-state index in [1.54, 1.807) is 0 Å². The summed E-state index contributed by atoms with van der Waals surface area (Å²) in [6, 6.07) is 0. The minimum absolute atomic E-state index is 0.0612. The Balaban J connectivity index is 4.23. The molecule has 70 heavy (non-hydrogen) atoms. The minimum Gasteiger partial charge on any atom is -0.462 e. The van der Waals surface area contributed by atoms with E-state index in [4.69, 9.17) is 14.2 Å². The third-order valence-corrected chi connectivity index (χ3v) is 15.2. The molecular formula is C64H124O6. The molecule has 0 aliphatic carbocycles. The van der Waals surface area contributed by atoms with Crippen molar-refractivity contribution in [2.24, 2.45) is 5.92 Å². The molecule has 0 heterocycles. The Kier molecular flexibility index (Phi) is 57.0. The summed E-state index contributed by atoms with van der Waals surface area (Å²) in [5.41, 5.74) is 0. The fraction of sp³-hybridized carbons (Fsp3) is 0.953. The highest BCUT2D eigenvalue weighted by atomic mass is 16.6. The van der Waals surface area contributed by atoms with Gasteiger partial charge in [-0.1, -0.05) is 329 Å². The fourth-order valence-corrected chi connectivity index (χ4v) is 9.95. The maximum Gasteiger partial charge on any atom is 0.306 e. The number of unbranched alkanes of at least 4 members (excludes halogenated alkanes) is 45. The molecule has 0 bridgehead atoms. The SMILES string of the molecule is CCCCCCCCCCCCCCCCCCCCC(=O)OC[C@H](COC(=O)CCCCCCCCCCCCCC)OC(=O)CCCCCCCCCCCCCCCCCCCCC(C)CC. The monoisotopic (exact) mass is 989 g/mol. The quantitative estimate of drug-likeness (QED) is 0.0343. The van der Waals surface area contributed by atoms with Gasteiger partial charge >= 0.3 is 17.9 Å². The van der Waals surface area contributed by atoms with Crippen molar-refractivity contribution in [1.82, 2.24) is 0 Å². The maximum atomic E-state index is 12.9. The van der Waals surface area contributed by atoms with Crippen LogP contribution in [-0.4, -0.2) is 37.2 Å². The van der Waals surface area contributed by atoms with Crippen LogP contribution in [0.2, 0.25) is 0 Å². The minimum atomic E-state index is -0.762. The lowest BCUT2D eigenvalue weighted by molar-refractivity contribution is -0.167. The molecule has 6 nitrogen and oxygen atoms in total. The van der Waals surface area contributed by atoms with Gasteiger partial charge in [-0.15, -0.1) is 0 Å². The van der Waals surface area contributed by atoms with Crippen LogP contribution >= 0.6 is 0 Å². The summed E-state index contributed by atoms with van der Waals surface area (Å²) < 4.78 is 16.9. The van der Waals surface area contributed by atoms with Gasteiger partial charge < -0.3 is 14.2 Å². The lowest BCUT2D eigenvalue weighted by atomic mass is 9.99. The van der Waals surface area contributed by atoms with E-state index in [0.717, 1.165) is 63.7 Å². The Morgan fingerprint density at radius 2 is 0.500 bits per heavy atom. The number of hydrogen-bond acceptors (Lipinski definition) is 6. The van der Waals surface area contributed by atoms with Gasteiger partial charge in [-0.25, -0.2) is 0 Å². The maximum absolute atomic E-state index is 12.9. The summed E-state index contributed by atoms with van der Waals surface area (Å²) in [7, 11) is 0. The Morgan fingerprint density at radius 1 is 0.286 bits per heavy atom. The molecule has 0 aromatic carbocycles. The van der Waals surface area contributed by atoms with Crippen molar-refractivity contribution >= 4 is 17.9 Å². The van der Waals surface area contributed by atoms with Crippen molar-refractivity contribution in [1.29, 1.82) is 0 Å². The van der Waals surface area contributed by atoms with Crippen LogP contribution < -0.4 is 0 Å². The lowest BCUT2D eigenvalue weighted by Gasteiger charge is -2.18. The van der Waals surface area contributed by atoms with E-state index >= 15 is 0 Å². The van der Waals surface area contributed by atoms with Crippen LogP contribution in [0, 0.1) is 5.92 Å². The fourth-order valence-electron chi connectivity index (χ4n) is 9.95. The number of carbonyl (C=O) groups is 3. The largest absolute Gasteiger partial charge is 0.462 e. The van der Waals surface area contributed by atoms with Gasteiger partial charge in [-0.05, 0) is 25.2 Å². The van der Waals surface area contributed by atoms with Crippen LogP contribution in [0.3, 0.4) is 0 Å². The first-order valence-corrected chi connectivity index (χ1v) is 31.9. The van der Waals surface area contributed by atoms with Gasteiger partial charge in [0.15, 0.2) is 6.10 Å². The first-order valence-electron chi connectivity index (χ1n) is 31.9. The van der Waals surface area contributed by atoms with Crippen molar-refractivity contribution in [3.8, 4) is 0 Å². The Morgan fingerprint density at radius 3 is 0.743 bits per heavy atom. The van der Waals surface area contributed by atoms with Crippen molar-refractivity contribution in [2.75, 3.05) is 13.2 Å². The number of ether oxygens (including phenoxy) is 3. The molecule has 0 amide bonds. The summed E-state index contributed by atoms with van der Waals surface area (Å²) >= 11 is 0. The van der Waals surface area contributed by atoms with Crippen LogP contribution in [0.15, 0.2) is 0 Å². The van der Waals surface area contributed by atoms with Gasteiger partial charge in [0.25, 0.3) is 0 Å². The predicted octanol–water partition coefficient (Wildman–Crippen LogP) is 21.4. The molecule has 416 valence electrons. The summed E-state index contributed by atoms with van der Waals surface area (Å²) in [6.45, 7) is 9.12. The molecule has 0 aromatic heterocycles. The second-order valence-electron chi connectivity index (χ2n) is 22.3. The van der Waals surface area contributed by atoms with Gasteiger partial charge in [0.05, 0.1) is 0 Å². The molecule has 0 saturated heterocycles. The molecule has 0 N–H and O–H groups in total. The van der Waals surface area contributed by atoms with E-state index in [0.29, 0.717) is 19.3 Å². The zero-order valence-electron chi connectivity index (χ0n) is 48.0. The number of esters is 3. The molecule has 6 heteroatoms. The Hall–Kier alpha value is -1.59. The molecule has 0 fully saturated rings. The molecule has 0 spiro atoms. The smallest absolute Gasteiger partial charge is 0.306 e. The van der Waals surface area contributed by atoms with Gasteiger partial charge in [0.2, 0.25) is 0 Å². The Bertz CT molecular complexity index is 1060. The predicted molar refractivity (Wildman–Crippen MR) is 303 cm³/mol. The normalized spacial score (nSPS) is 12.3. The van der Waals surface area contributed by atoms with Crippen LogP contribution in [-0.2, 0) is 28.6 Å². The second kappa shape index (κ2) is 58.3. The summed E-state index contributed by atoms with van der Waals surface area (Å²) in [5, 5.41) is 0. The van der Waals surface area contributed by atoms with Crippen molar-refractivity contribution in [3.63, 3.8) is 0 Å². The second-order valence-corrected chi connectivity index (χ2v) is 22.3. The molecular weight excluding hydrogens is 865 g/mol. The van der Waals surface area contributed by atoms with Gasteiger partial charge in [-0.2, -0.15) is 0 Å². The first kappa shape index (κ1) is 68.4. The standard InChI is InChI=1S/C64H124O6/c1-5-8-10-12-14-16-18-20-21-22-26-29-32-36-40-44-48-52-56-63(66)69-59-61(58-68-62(65)55-51-47-43-39-35-19-17-15-13-11-9-6-2)70-64(67)57-53-49-45-41-37-33-30-27-24-23-25-28-31-34-38-42-46-50-54-60(4)7-3/h60-61H,5-59H2,1-4H3/t60?,61-/m0/s1. The van der Waals surface area contributed by atoms with E-state index in [1.807, 2.05) is 0 Å². The van der Waals surface area contributed by atoms with Gasteiger partial charge in [-0.3, -0.25) is 14.4 Å². The molecule has 0 radical (unpaired) electrons. The molecule has 0 aliphatic rings. The third-order valence-electron chi connectivity index (χ3n) is 15.2. The van der Waals surface area contributed by atoms with Crippen LogP contribution in [0.5, 0.6) is 0 Å². The number of carbonyl (C=O) groups excluding carboxylic acids is 3. The van der Waals surface area contributed by atoms with E-state index < -0.39 is 6.10 Å². The highest BCUT2D eigenvalue weighted by Gasteiger charge is 2.19. The van der Waals surface area contributed by atoms with Crippen molar-refractivity contribution in [3.05, 3.63) is 0 Å². The highest BCUT2D eigenvalue weighted by molar-refractivity contribution is 5.71. The summed E-state index contributed by atoms with van der Waals surface area (Å²) in [4.78, 5) is 38.2. The van der Waals surface area contributed by atoms with Crippen LogP contribution in [0.1, 0.15) is 368 Å². The number of hydrogen-bond donors (Lipinski definition) is 0. The van der Waals surface area contributed by atoms with Gasteiger partial charge in [0, 0.05) is 19.3 Å². The molecule has 2 atom stereocenters. The lowest BCUT2D eigenvalue weighted by Crippen LogP contribution is -2.30.